The minimum atomic E-state index is -0.211. The van der Waals surface area contributed by atoms with E-state index in [9.17, 15) is 4.39 Å². The second-order valence-electron chi connectivity index (χ2n) is 3.67. The molecule has 0 amide bonds. The van der Waals surface area contributed by atoms with E-state index in [-0.39, 0.29) is 11.9 Å². The largest absolute Gasteiger partial charge is 0.317 e. The van der Waals surface area contributed by atoms with Gasteiger partial charge in [0, 0.05) is 16.6 Å². The van der Waals surface area contributed by atoms with Gasteiger partial charge in [-0.2, -0.15) is 11.8 Å². The normalized spacial score (nSPS) is 12.8. The van der Waals surface area contributed by atoms with Crippen molar-refractivity contribution in [3.8, 4) is 0 Å². The van der Waals surface area contributed by atoms with E-state index in [1.165, 1.54) is 6.07 Å². The number of benzene rings is 1. The summed E-state index contributed by atoms with van der Waals surface area (Å²) in [6.07, 6.45) is 3.73. The molecule has 1 nitrogen and oxygen atoms in total. The lowest BCUT2D eigenvalue weighted by atomic mass is 10.0. The Kier molecular flexibility index (Phi) is 6.17. The van der Waals surface area contributed by atoms with Gasteiger partial charge in [-0.3, -0.25) is 0 Å². The summed E-state index contributed by atoms with van der Waals surface area (Å²) in [5.74, 6) is 0.856. The summed E-state index contributed by atoms with van der Waals surface area (Å²) in [6.45, 7) is 0. The molecule has 0 spiro atoms. The molecule has 16 heavy (non-hydrogen) atoms. The van der Waals surface area contributed by atoms with Crippen molar-refractivity contribution in [2.75, 3.05) is 19.1 Å². The maximum Gasteiger partial charge on any atom is 0.127 e. The van der Waals surface area contributed by atoms with Crippen molar-refractivity contribution in [2.45, 2.75) is 18.9 Å². The van der Waals surface area contributed by atoms with E-state index in [1.54, 1.807) is 23.9 Å². The highest BCUT2D eigenvalue weighted by Gasteiger charge is 2.13. The summed E-state index contributed by atoms with van der Waals surface area (Å²) in [7, 11) is 1.90. The van der Waals surface area contributed by atoms with Crippen molar-refractivity contribution in [1.82, 2.24) is 5.32 Å². The molecule has 0 radical (unpaired) electrons. The molecule has 1 N–H and O–H groups in total. The van der Waals surface area contributed by atoms with Gasteiger partial charge in [0.15, 0.2) is 0 Å². The fraction of sp³-hybridized carbons (Fsp3) is 0.500. The molecule has 1 atom stereocenters. The Morgan fingerprint density at radius 1 is 1.50 bits per heavy atom. The summed E-state index contributed by atoms with van der Waals surface area (Å²) in [6, 6.07) is 5.11. The zero-order chi connectivity index (χ0) is 12.0. The maximum absolute atomic E-state index is 13.6. The van der Waals surface area contributed by atoms with Gasteiger partial charge in [0.25, 0.3) is 0 Å². The minimum absolute atomic E-state index is 0.211. The highest BCUT2D eigenvalue weighted by molar-refractivity contribution is 7.98. The van der Waals surface area contributed by atoms with E-state index < -0.39 is 0 Å². The van der Waals surface area contributed by atoms with Gasteiger partial charge in [-0.1, -0.05) is 17.7 Å². The standard InChI is InChI=1S/C12H17ClFNS/c1-15-9(6-7-16-2)8-10-11(13)4-3-5-12(10)14/h3-5,9,15H,6-8H2,1-2H3. The van der Waals surface area contributed by atoms with Crippen LogP contribution in [0.1, 0.15) is 12.0 Å². The number of likely N-dealkylation sites (N-methyl/N-ethyl adjacent to an activating group) is 1. The Bertz CT molecular complexity index is 313. The zero-order valence-corrected chi connectivity index (χ0v) is 11.2. The highest BCUT2D eigenvalue weighted by atomic mass is 35.5. The highest BCUT2D eigenvalue weighted by Crippen LogP contribution is 2.21. The number of thioether (sulfide) groups is 1. The van der Waals surface area contributed by atoms with Crippen LogP contribution in [-0.2, 0) is 6.42 Å². The van der Waals surface area contributed by atoms with E-state index in [4.69, 9.17) is 11.6 Å². The van der Waals surface area contributed by atoms with Crippen molar-refractivity contribution in [3.63, 3.8) is 0 Å². The molecule has 90 valence electrons. The Hall–Kier alpha value is -0.250. The molecular formula is C12H17ClFNS. The quantitative estimate of drug-likeness (QED) is 0.843. The van der Waals surface area contributed by atoms with Crippen LogP contribution < -0.4 is 5.32 Å². The van der Waals surface area contributed by atoms with Crippen LogP contribution in [0.15, 0.2) is 18.2 Å². The van der Waals surface area contributed by atoms with Crippen molar-refractivity contribution in [3.05, 3.63) is 34.6 Å². The average molecular weight is 262 g/mol. The molecule has 0 fully saturated rings. The minimum Gasteiger partial charge on any atom is -0.317 e. The second kappa shape index (κ2) is 7.15. The lowest BCUT2D eigenvalue weighted by Crippen LogP contribution is -2.28. The van der Waals surface area contributed by atoms with Crippen molar-refractivity contribution < 1.29 is 4.39 Å². The third-order valence-electron chi connectivity index (χ3n) is 2.59. The van der Waals surface area contributed by atoms with Crippen LogP contribution in [-0.4, -0.2) is 25.1 Å². The predicted molar refractivity (Wildman–Crippen MR) is 71.0 cm³/mol. The van der Waals surface area contributed by atoms with E-state index in [2.05, 4.69) is 11.6 Å². The lowest BCUT2D eigenvalue weighted by molar-refractivity contribution is 0.525. The van der Waals surface area contributed by atoms with E-state index in [0.717, 1.165) is 12.2 Å². The molecule has 4 heteroatoms. The average Bonchev–Trinajstić information content (AvgIpc) is 2.28. The van der Waals surface area contributed by atoms with Crippen LogP contribution in [0, 0.1) is 5.82 Å². The first kappa shape index (κ1) is 13.8. The fourth-order valence-electron chi connectivity index (χ4n) is 1.58. The molecule has 0 aliphatic carbocycles. The van der Waals surface area contributed by atoms with Gasteiger partial charge in [0.2, 0.25) is 0 Å². The molecule has 0 heterocycles. The lowest BCUT2D eigenvalue weighted by Gasteiger charge is -2.16. The smallest absolute Gasteiger partial charge is 0.127 e. The molecular weight excluding hydrogens is 245 g/mol. The summed E-state index contributed by atoms with van der Waals surface area (Å²) < 4.78 is 13.6. The van der Waals surface area contributed by atoms with Crippen molar-refractivity contribution >= 4 is 23.4 Å². The van der Waals surface area contributed by atoms with E-state index in [1.807, 2.05) is 7.05 Å². The van der Waals surface area contributed by atoms with Gasteiger partial charge in [-0.05, 0) is 44.0 Å². The maximum atomic E-state index is 13.6. The van der Waals surface area contributed by atoms with Crippen LogP contribution in [0.3, 0.4) is 0 Å². The SMILES string of the molecule is CNC(CCSC)Cc1c(F)cccc1Cl. The van der Waals surface area contributed by atoms with Gasteiger partial charge >= 0.3 is 0 Å². The Morgan fingerprint density at radius 2 is 2.25 bits per heavy atom. The third kappa shape index (κ3) is 3.96. The van der Waals surface area contributed by atoms with E-state index in [0.29, 0.717) is 17.0 Å². The third-order valence-corrected chi connectivity index (χ3v) is 3.59. The molecule has 0 aliphatic rings. The van der Waals surface area contributed by atoms with Crippen LogP contribution in [0.5, 0.6) is 0 Å². The topological polar surface area (TPSA) is 12.0 Å². The first-order chi connectivity index (χ1) is 7.69. The number of rotatable bonds is 6. The summed E-state index contributed by atoms with van der Waals surface area (Å²) in [4.78, 5) is 0. The molecule has 1 aromatic carbocycles. The number of hydrogen-bond acceptors (Lipinski definition) is 2. The molecule has 0 aliphatic heterocycles. The predicted octanol–water partition coefficient (Wildman–Crippen LogP) is 3.36. The van der Waals surface area contributed by atoms with Crippen LogP contribution in [0.2, 0.25) is 5.02 Å². The van der Waals surface area contributed by atoms with Gasteiger partial charge in [0.05, 0.1) is 0 Å². The van der Waals surface area contributed by atoms with Crippen LogP contribution in [0.25, 0.3) is 0 Å². The van der Waals surface area contributed by atoms with E-state index >= 15 is 0 Å². The van der Waals surface area contributed by atoms with Gasteiger partial charge in [-0.15, -0.1) is 0 Å². The first-order valence-corrected chi connectivity index (χ1v) is 7.05. The van der Waals surface area contributed by atoms with Gasteiger partial charge in [-0.25, -0.2) is 4.39 Å². The van der Waals surface area contributed by atoms with Gasteiger partial charge in [0.1, 0.15) is 5.82 Å². The summed E-state index contributed by atoms with van der Waals surface area (Å²) >= 11 is 7.79. The summed E-state index contributed by atoms with van der Waals surface area (Å²) in [5.41, 5.74) is 0.615. The Labute approximate surface area is 106 Å². The number of nitrogens with one attached hydrogen (secondary N) is 1. The summed E-state index contributed by atoms with van der Waals surface area (Å²) in [5, 5.41) is 3.72. The monoisotopic (exact) mass is 261 g/mol. The van der Waals surface area contributed by atoms with Crippen molar-refractivity contribution in [2.24, 2.45) is 0 Å². The molecule has 0 bridgehead atoms. The number of hydrogen-bond donors (Lipinski definition) is 1. The molecule has 1 unspecified atom stereocenters. The molecule has 1 aromatic rings. The molecule has 0 aromatic heterocycles. The van der Waals surface area contributed by atoms with Crippen molar-refractivity contribution in [1.29, 1.82) is 0 Å². The number of halogens is 2. The fourth-order valence-corrected chi connectivity index (χ4v) is 2.34. The molecule has 1 rings (SSSR count). The van der Waals surface area contributed by atoms with Gasteiger partial charge < -0.3 is 5.32 Å². The van der Waals surface area contributed by atoms with Crippen LogP contribution >= 0.6 is 23.4 Å². The first-order valence-electron chi connectivity index (χ1n) is 5.28. The zero-order valence-electron chi connectivity index (χ0n) is 9.59. The van der Waals surface area contributed by atoms with Crippen LogP contribution in [0.4, 0.5) is 4.39 Å². The Morgan fingerprint density at radius 3 is 2.81 bits per heavy atom. The Balaban J connectivity index is 2.69. The second-order valence-corrected chi connectivity index (χ2v) is 5.06. The molecule has 0 saturated heterocycles. The molecule has 0 saturated carbocycles.